The van der Waals surface area contributed by atoms with Gasteiger partial charge in [0.2, 0.25) is 0 Å². The van der Waals surface area contributed by atoms with Crippen LogP contribution in [0, 0.1) is 6.92 Å². The lowest BCUT2D eigenvalue weighted by Gasteiger charge is -2.30. The summed E-state index contributed by atoms with van der Waals surface area (Å²) < 4.78 is 15.3. The second-order valence-corrected chi connectivity index (χ2v) is 8.65. The number of benzene rings is 1. The number of primary amides is 1. The molecule has 0 spiro atoms. The number of hydrogen-bond donors (Lipinski definition) is 3. The summed E-state index contributed by atoms with van der Waals surface area (Å²) in [6.45, 7) is 2.71. The first kappa shape index (κ1) is 23.5. The maximum Gasteiger partial charge on any atom is 0.273 e. The van der Waals surface area contributed by atoms with E-state index in [0.717, 1.165) is 24.4 Å². The van der Waals surface area contributed by atoms with Crippen LogP contribution in [-0.2, 0) is 9.53 Å². The molecule has 0 bridgehead atoms. The van der Waals surface area contributed by atoms with Gasteiger partial charge in [0.1, 0.15) is 16.4 Å². The number of anilines is 2. The van der Waals surface area contributed by atoms with Crippen LogP contribution in [0.1, 0.15) is 50.6 Å². The number of aryl methyl sites for hydroxylation is 1. The molecule has 10 nitrogen and oxygen atoms in total. The molecule has 0 unspecified atom stereocenters. The van der Waals surface area contributed by atoms with E-state index in [-0.39, 0.29) is 28.1 Å². The van der Waals surface area contributed by atoms with Gasteiger partial charge in [-0.1, -0.05) is 18.2 Å². The van der Waals surface area contributed by atoms with Gasteiger partial charge in [-0.25, -0.2) is 0 Å². The van der Waals surface area contributed by atoms with Crippen molar-refractivity contribution in [1.29, 1.82) is 0 Å². The smallest absolute Gasteiger partial charge is 0.273 e. The number of hydrogen-bond acceptors (Lipinski definition) is 8. The van der Waals surface area contributed by atoms with Crippen LogP contribution in [0.2, 0.25) is 0 Å². The molecule has 34 heavy (non-hydrogen) atoms. The number of rotatable bonds is 8. The molecule has 4 rings (SSSR count). The average Bonchev–Trinajstić information content (AvgIpc) is 3.57. The summed E-state index contributed by atoms with van der Waals surface area (Å²) in [5.41, 5.74) is 11.5. The van der Waals surface area contributed by atoms with Crippen molar-refractivity contribution in [3.8, 4) is 0 Å². The first-order chi connectivity index (χ1) is 16.4. The third kappa shape index (κ3) is 4.80. The molecule has 178 valence electrons. The van der Waals surface area contributed by atoms with Crippen molar-refractivity contribution in [2.45, 2.75) is 31.9 Å². The normalized spacial score (nSPS) is 16.2. The van der Waals surface area contributed by atoms with Gasteiger partial charge in [0.25, 0.3) is 17.7 Å². The number of para-hydroxylation sites is 1. The third-order valence-corrected chi connectivity index (χ3v) is 6.32. The molecular formula is C23H25N5O5S. The summed E-state index contributed by atoms with van der Waals surface area (Å²) in [6.07, 6.45) is 1.70. The summed E-state index contributed by atoms with van der Waals surface area (Å²) in [5, 5.41) is 2.89. The lowest BCUT2D eigenvalue weighted by molar-refractivity contribution is -0.123. The maximum atomic E-state index is 13.8. The van der Waals surface area contributed by atoms with E-state index in [1.807, 2.05) is 0 Å². The molecule has 1 aliphatic heterocycles. The highest BCUT2D eigenvalue weighted by Crippen LogP contribution is 2.33. The van der Waals surface area contributed by atoms with Crippen molar-refractivity contribution in [2.75, 3.05) is 23.8 Å². The molecule has 3 amide bonds. The van der Waals surface area contributed by atoms with Gasteiger partial charge in [-0.2, -0.15) is 4.37 Å². The molecule has 0 radical (unpaired) electrons. The largest absolute Gasteiger partial charge is 0.464 e. The van der Waals surface area contributed by atoms with E-state index in [2.05, 4.69) is 9.69 Å². The minimum atomic E-state index is -1.15. The summed E-state index contributed by atoms with van der Waals surface area (Å²) >= 11 is 0.750. The highest BCUT2D eigenvalue weighted by Gasteiger charge is 2.38. The van der Waals surface area contributed by atoms with E-state index in [0.29, 0.717) is 24.6 Å². The monoisotopic (exact) mass is 483 g/mol. The summed E-state index contributed by atoms with van der Waals surface area (Å²) in [4.78, 5) is 40.3. The van der Waals surface area contributed by atoms with Gasteiger partial charge in [-0.3, -0.25) is 19.3 Å². The van der Waals surface area contributed by atoms with E-state index < -0.39 is 23.8 Å². The van der Waals surface area contributed by atoms with Crippen molar-refractivity contribution in [3.63, 3.8) is 0 Å². The Morgan fingerprint density at radius 1 is 1.24 bits per heavy atom. The topological polar surface area (TPSA) is 154 Å². The number of carbonyl (C=O) groups is 3. The lowest BCUT2D eigenvalue weighted by atomic mass is 10.1. The molecule has 11 heteroatoms. The molecule has 3 heterocycles. The van der Waals surface area contributed by atoms with Crippen LogP contribution in [0.15, 0.2) is 46.9 Å². The maximum absolute atomic E-state index is 13.8. The SMILES string of the molecule is Cc1ccc([C@@H](C(=O)NC[C@@H]2CCCO2)N(C(=O)c2snc(C(N)=O)c2N)c2ccccc2)o1. The van der Waals surface area contributed by atoms with Crippen molar-refractivity contribution in [3.05, 3.63) is 64.6 Å². The molecule has 2 atom stereocenters. The molecule has 2 aromatic heterocycles. The zero-order valence-electron chi connectivity index (χ0n) is 18.5. The first-order valence-corrected chi connectivity index (χ1v) is 11.5. The molecule has 0 aliphatic carbocycles. The average molecular weight is 484 g/mol. The zero-order chi connectivity index (χ0) is 24.2. The van der Waals surface area contributed by atoms with Crippen LogP contribution in [0.25, 0.3) is 0 Å². The molecule has 0 saturated carbocycles. The summed E-state index contributed by atoms with van der Waals surface area (Å²) in [5.74, 6) is -1.04. The number of nitrogens with zero attached hydrogens (tertiary/aromatic N) is 2. The Morgan fingerprint density at radius 3 is 2.59 bits per heavy atom. The molecular weight excluding hydrogens is 458 g/mol. The van der Waals surface area contributed by atoms with Gasteiger partial charge in [-0.05, 0) is 55.6 Å². The van der Waals surface area contributed by atoms with Crippen LogP contribution in [0.5, 0.6) is 0 Å². The summed E-state index contributed by atoms with van der Waals surface area (Å²) in [7, 11) is 0. The van der Waals surface area contributed by atoms with Crippen LogP contribution in [0.3, 0.4) is 0 Å². The molecule has 3 aromatic rings. The van der Waals surface area contributed by atoms with Crippen molar-refractivity contribution in [1.82, 2.24) is 9.69 Å². The highest BCUT2D eigenvalue weighted by molar-refractivity contribution is 7.09. The number of nitrogens with one attached hydrogen (secondary N) is 1. The fourth-order valence-electron chi connectivity index (χ4n) is 3.80. The van der Waals surface area contributed by atoms with E-state index in [9.17, 15) is 14.4 Å². The quantitative estimate of drug-likeness (QED) is 0.444. The Hall–Kier alpha value is -3.70. The molecule has 1 saturated heterocycles. The van der Waals surface area contributed by atoms with Crippen molar-refractivity contribution in [2.24, 2.45) is 5.73 Å². The predicted octanol–water partition coefficient (Wildman–Crippen LogP) is 2.41. The number of nitrogens with two attached hydrogens (primary N) is 2. The fraction of sp³-hybridized carbons (Fsp3) is 0.304. The predicted molar refractivity (Wildman–Crippen MR) is 126 cm³/mol. The van der Waals surface area contributed by atoms with Gasteiger partial charge in [0.15, 0.2) is 11.7 Å². The Kier molecular flexibility index (Phi) is 6.94. The second kappa shape index (κ2) is 10.1. The van der Waals surface area contributed by atoms with Crippen molar-refractivity contribution >= 4 is 40.6 Å². The van der Waals surface area contributed by atoms with Crippen LogP contribution in [0.4, 0.5) is 11.4 Å². The minimum Gasteiger partial charge on any atom is -0.464 e. The third-order valence-electron chi connectivity index (χ3n) is 5.47. The zero-order valence-corrected chi connectivity index (χ0v) is 19.3. The number of aromatic nitrogens is 1. The Bertz CT molecular complexity index is 1190. The Morgan fingerprint density at radius 2 is 2.00 bits per heavy atom. The standard InChI is InChI=1S/C23H25N5O5S/c1-13-9-10-16(33-13)19(22(30)26-12-15-8-5-11-32-15)28(14-6-3-2-4-7-14)23(31)20-17(24)18(21(25)29)27-34-20/h2-4,6-7,9-10,15,19H,5,8,11-12,24H2,1H3,(H2,25,29)(H,26,30)/t15-,19-/m0/s1. The highest BCUT2D eigenvalue weighted by atomic mass is 32.1. The minimum absolute atomic E-state index is 0.00198. The van der Waals surface area contributed by atoms with Gasteiger partial charge in [0, 0.05) is 18.8 Å². The van der Waals surface area contributed by atoms with Crippen LogP contribution in [-0.4, -0.2) is 41.4 Å². The van der Waals surface area contributed by atoms with Gasteiger partial charge in [0.05, 0.1) is 11.8 Å². The molecule has 1 fully saturated rings. The van der Waals surface area contributed by atoms with E-state index in [1.54, 1.807) is 49.4 Å². The first-order valence-electron chi connectivity index (χ1n) is 10.8. The molecule has 1 aliphatic rings. The van der Waals surface area contributed by atoms with Gasteiger partial charge < -0.3 is 25.9 Å². The Balaban J connectivity index is 1.76. The lowest BCUT2D eigenvalue weighted by Crippen LogP contribution is -2.45. The van der Waals surface area contributed by atoms with Crippen molar-refractivity contribution < 1.29 is 23.5 Å². The number of furan rings is 1. The van der Waals surface area contributed by atoms with Crippen LogP contribution < -0.4 is 21.7 Å². The number of amides is 3. The molecule has 5 N–H and O–H groups in total. The van der Waals surface area contributed by atoms with E-state index in [1.165, 1.54) is 4.90 Å². The fourth-order valence-corrected chi connectivity index (χ4v) is 4.54. The summed E-state index contributed by atoms with van der Waals surface area (Å²) in [6, 6.07) is 10.9. The van der Waals surface area contributed by atoms with Gasteiger partial charge >= 0.3 is 0 Å². The van der Waals surface area contributed by atoms with Gasteiger partial charge in [-0.15, -0.1) is 0 Å². The number of carbonyl (C=O) groups excluding carboxylic acids is 3. The second-order valence-electron chi connectivity index (χ2n) is 7.88. The number of nitrogen functional groups attached to an aromatic ring is 1. The Labute approximate surface area is 200 Å². The molecule has 1 aromatic carbocycles. The van der Waals surface area contributed by atoms with E-state index >= 15 is 0 Å². The van der Waals surface area contributed by atoms with Crippen LogP contribution >= 0.6 is 11.5 Å². The number of ether oxygens (including phenoxy) is 1. The van der Waals surface area contributed by atoms with E-state index in [4.69, 9.17) is 20.6 Å².